The molecule has 4 heteroatoms. The summed E-state index contributed by atoms with van der Waals surface area (Å²) >= 11 is 0. The molecule has 1 unspecified atom stereocenters. The summed E-state index contributed by atoms with van der Waals surface area (Å²) in [6.45, 7) is 2.95. The Morgan fingerprint density at radius 1 is 1.25 bits per heavy atom. The first kappa shape index (κ1) is 13.6. The fraction of sp³-hybridized carbons (Fsp3) is 0.562. The van der Waals surface area contributed by atoms with E-state index in [-0.39, 0.29) is 17.9 Å². The predicted octanol–water partition coefficient (Wildman–Crippen LogP) is 1.33. The molecule has 2 heterocycles. The molecule has 1 aromatic carbocycles. The van der Waals surface area contributed by atoms with E-state index in [1.165, 1.54) is 11.1 Å². The van der Waals surface area contributed by atoms with Crippen molar-refractivity contribution in [3.8, 4) is 0 Å². The lowest BCUT2D eigenvalue weighted by atomic mass is 9.90. The highest BCUT2D eigenvalue weighted by Crippen LogP contribution is 2.23. The van der Waals surface area contributed by atoms with Gasteiger partial charge < -0.3 is 15.4 Å². The zero-order chi connectivity index (χ0) is 13.9. The minimum Gasteiger partial charge on any atom is -0.381 e. The maximum atomic E-state index is 12.6. The molecular weight excluding hydrogens is 252 g/mol. The van der Waals surface area contributed by atoms with Gasteiger partial charge in [0.05, 0.1) is 6.04 Å². The second-order valence-electron chi connectivity index (χ2n) is 5.75. The number of hydrogen-bond acceptors (Lipinski definition) is 3. The summed E-state index contributed by atoms with van der Waals surface area (Å²) in [5.74, 6) is 0.375. The van der Waals surface area contributed by atoms with Gasteiger partial charge in [0.1, 0.15) is 0 Å². The van der Waals surface area contributed by atoms with Crippen molar-refractivity contribution in [2.45, 2.75) is 31.8 Å². The third kappa shape index (κ3) is 2.72. The summed E-state index contributed by atoms with van der Waals surface area (Å²) in [7, 11) is 0. The number of rotatable bonds is 2. The summed E-state index contributed by atoms with van der Waals surface area (Å²) in [6.07, 6.45) is 2.73. The monoisotopic (exact) mass is 274 g/mol. The molecule has 1 fully saturated rings. The zero-order valence-electron chi connectivity index (χ0n) is 11.8. The molecule has 1 amide bonds. The molecule has 1 aromatic rings. The Balaban J connectivity index is 1.66. The first-order chi connectivity index (χ1) is 9.75. The number of fused-ring (bicyclic) bond motifs is 1. The van der Waals surface area contributed by atoms with Gasteiger partial charge in [-0.05, 0) is 36.3 Å². The maximum Gasteiger partial charge on any atom is 0.240 e. The van der Waals surface area contributed by atoms with E-state index in [2.05, 4.69) is 18.2 Å². The van der Waals surface area contributed by atoms with Crippen LogP contribution >= 0.6 is 0 Å². The van der Waals surface area contributed by atoms with Crippen LogP contribution in [0, 0.1) is 5.92 Å². The highest BCUT2D eigenvalue weighted by Gasteiger charge is 2.31. The highest BCUT2D eigenvalue weighted by atomic mass is 16.5. The summed E-state index contributed by atoms with van der Waals surface area (Å²) in [4.78, 5) is 14.5. The molecule has 0 saturated carbocycles. The summed E-state index contributed by atoms with van der Waals surface area (Å²) < 4.78 is 5.34. The van der Waals surface area contributed by atoms with Crippen molar-refractivity contribution in [1.82, 2.24) is 4.90 Å². The number of amides is 1. The molecule has 0 aromatic heterocycles. The number of nitrogens with two attached hydrogens (primary N) is 1. The molecule has 2 aliphatic heterocycles. The average molecular weight is 274 g/mol. The molecule has 0 spiro atoms. The van der Waals surface area contributed by atoms with Crippen LogP contribution in [0.3, 0.4) is 0 Å². The van der Waals surface area contributed by atoms with Gasteiger partial charge >= 0.3 is 0 Å². The van der Waals surface area contributed by atoms with Crippen LogP contribution < -0.4 is 5.73 Å². The molecule has 1 saturated heterocycles. The third-order valence-corrected chi connectivity index (χ3v) is 4.50. The normalized spacial score (nSPS) is 21.4. The second-order valence-corrected chi connectivity index (χ2v) is 5.75. The smallest absolute Gasteiger partial charge is 0.240 e. The Kier molecular flexibility index (Phi) is 4.03. The lowest BCUT2D eigenvalue weighted by molar-refractivity contribution is -0.135. The Morgan fingerprint density at radius 3 is 2.70 bits per heavy atom. The Hall–Kier alpha value is -1.39. The van der Waals surface area contributed by atoms with E-state index in [0.29, 0.717) is 6.54 Å². The van der Waals surface area contributed by atoms with Crippen LogP contribution in [-0.2, 0) is 22.5 Å². The van der Waals surface area contributed by atoms with Gasteiger partial charge in [0.15, 0.2) is 0 Å². The minimum atomic E-state index is -0.371. The van der Waals surface area contributed by atoms with Crippen LogP contribution in [0.1, 0.15) is 24.0 Å². The van der Waals surface area contributed by atoms with E-state index >= 15 is 0 Å². The molecule has 4 nitrogen and oxygen atoms in total. The molecule has 0 aliphatic carbocycles. The Labute approximate surface area is 119 Å². The molecule has 20 heavy (non-hydrogen) atoms. The van der Waals surface area contributed by atoms with Crippen molar-refractivity contribution >= 4 is 5.91 Å². The third-order valence-electron chi connectivity index (χ3n) is 4.50. The molecule has 108 valence electrons. The van der Waals surface area contributed by atoms with Crippen LogP contribution in [0.4, 0.5) is 0 Å². The van der Waals surface area contributed by atoms with E-state index < -0.39 is 0 Å². The van der Waals surface area contributed by atoms with Gasteiger partial charge in [-0.15, -0.1) is 0 Å². The summed E-state index contributed by atoms with van der Waals surface area (Å²) in [5.41, 5.74) is 8.81. The molecule has 2 aliphatic rings. The predicted molar refractivity (Wildman–Crippen MR) is 77.1 cm³/mol. The van der Waals surface area contributed by atoms with Crippen molar-refractivity contribution in [3.63, 3.8) is 0 Å². The van der Waals surface area contributed by atoms with E-state index in [1.807, 2.05) is 11.0 Å². The standard InChI is InChI=1S/C16H22N2O2/c17-15(13-6-9-20-10-7-13)16(19)18-8-5-12-3-1-2-4-14(12)11-18/h1-4,13,15H,5-11,17H2. The number of ether oxygens (including phenoxy) is 1. The lowest BCUT2D eigenvalue weighted by Gasteiger charge is -2.34. The minimum absolute atomic E-state index is 0.103. The SMILES string of the molecule is NC(C(=O)N1CCc2ccccc2C1)C1CCOCC1. The highest BCUT2D eigenvalue weighted by molar-refractivity contribution is 5.82. The quantitative estimate of drug-likeness (QED) is 0.885. The maximum absolute atomic E-state index is 12.6. The van der Waals surface area contributed by atoms with Crippen LogP contribution in [0.2, 0.25) is 0 Å². The van der Waals surface area contributed by atoms with Crippen LogP contribution in [0.15, 0.2) is 24.3 Å². The molecule has 3 rings (SSSR count). The van der Waals surface area contributed by atoms with E-state index in [1.54, 1.807) is 0 Å². The molecule has 1 atom stereocenters. The number of nitrogens with zero attached hydrogens (tertiary/aromatic N) is 1. The topological polar surface area (TPSA) is 55.6 Å². The van der Waals surface area contributed by atoms with Crippen LogP contribution in [0.25, 0.3) is 0 Å². The van der Waals surface area contributed by atoms with Crippen molar-refractivity contribution in [1.29, 1.82) is 0 Å². The van der Waals surface area contributed by atoms with Gasteiger partial charge in [-0.3, -0.25) is 4.79 Å². The van der Waals surface area contributed by atoms with Gasteiger partial charge in [-0.1, -0.05) is 24.3 Å². The average Bonchev–Trinajstić information content (AvgIpc) is 2.54. The van der Waals surface area contributed by atoms with Gasteiger partial charge in [-0.2, -0.15) is 0 Å². The van der Waals surface area contributed by atoms with E-state index in [0.717, 1.165) is 39.0 Å². The Bertz CT molecular complexity index is 483. The van der Waals surface area contributed by atoms with Gasteiger partial charge in [0.25, 0.3) is 0 Å². The van der Waals surface area contributed by atoms with Crippen LogP contribution in [0.5, 0.6) is 0 Å². The zero-order valence-corrected chi connectivity index (χ0v) is 11.8. The number of carbonyl (C=O) groups is 1. The Morgan fingerprint density at radius 2 is 1.95 bits per heavy atom. The van der Waals surface area contributed by atoms with Crippen molar-refractivity contribution in [3.05, 3.63) is 35.4 Å². The number of carbonyl (C=O) groups excluding carboxylic acids is 1. The summed E-state index contributed by atoms with van der Waals surface area (Å²) in [6, 6.07) is 7.98. The fourth-order valence-corrected chi connectivity index (χ4v) is 3.17. The van der Waals surface area contributed by atoms with Crippen molar-refractivity contribution in [2.24, 2.45) is 11.7 Å². The molecule has 2 N–H and O–H groups in total. The van der Waals surface area contributed by atoms with Crippen molar-refractivity contribution < 1.29 is 9.53 Å². The molecule has 0 radical (unpaired) electrons. The first-order valence-corrected chi connectivity index (χ1v) is 7.44. The van der Waals surface area contributed by atoms with E-state index in [9.17, 15) is 4.79 Å². The fourth-order valence-electron chi connectivity index (χ4n) is 3.17. The van der Waals surface area contributed by atoms with Crippen LogP contribution in [-0.4, -0.2) is 36.6 Å². The number of hydrogen-bond donors (Lipinski definition) is 1. The van der Waals surface area contributed by atoms with Crippen molar-refractivity contribution in [2.75, 3.05) is 19.8 Å². The second kappa shape index (κ2) is 5.94. The summed E-state index contributed by atoms with van der Waals surface area (Å²) in [5, 5.41) is 0. The number of benzene rings is 1. The van der Waals surface area contributed by atoms with Gasteiger partial charge in [0.2, 0.25) is 5.91 Å². The first-order valence-electron chi connectivity index (χ1n) is 7.44. The molecular formula is C16H22N2O2. The van der Waals surface area contributed by atoms with Gasteiger partial charge in [0, 0.05) is 26.3 Å². The van der Waals surface area contributed by atoms with Gasteiger partial charge in [-0.25, -0.2) is 0 Å². The largest absolute Gasteiger partial charge is 0.381 e. The lowest BCUT2D eigenvalue weighted by Crippen LogP contribution is -2.50. The molecule has 0 bridgehead atoms. The van der Waals surface area contributed by atoms with E-state index in [4.69, 9.17) is 10.5 Å².